The molecule has 0 bridgehead atoms. The quantitative estimate of drug-likeness (QED) is 0.762. The van der Waals surface area contributed by atoms with Gasteiger partial charge in [-0.05, 0) is 54.9 Å². The van der Waals surface area contributed by atoms with E-state index < -0.39 is 18.5 Å². The summed E-state index contributed by atoms with van der Waals surface area (Å²) in [5.41, 5.74) is 0.764. The summed E-state index contributed by atoms with van der Waals surface area (Å²) in [5.74, 6) is 0.237. The first-order valence-corrected chi connectivity index (χ1v) is 8.77. The second kappa shape index (κ2) is 8.66. The van der Waals surface area contributed by atoms with Crippen LogP contribution >= 0.6 is 0 Å². The van der Waals surface area contributed by atoms with Crippen LogP contribution in [0.3, 0.4) is 0 Å². The second-order valence-corrected chi connectivity index (χ2v) is 7.12. The molecule has 5 nitrogen and oxygen atoms in total. The molecule has 1 saturated carbocycles. The average molecular weight is 343 g/mol. The van der Waals surface area contributed by atoms with Crippen molar-refractivity contribution in [3.8, 4) is 6.07 Å². The Labute approximate surface area is 148 Å². The first kappa shape index (κ1) is 19.0. The van der Waals surface area contributed by atoms with Gasteiger partial charge in [-0.25, -0.2) is 9.59 Å². The SMILES string of the molecule is CC(C)[C@H]1CC[C@@H](C)C[C@H]1OC(=O)COC(=O)c1ccc(C#N)cc1. The van der Waals surface area contributed by atoms with Crippen molar-refractivity contribution in [3.63, 3.8) is 0 Å². The van der Waals surface area contributed by atoms with Crippen LogP contribution in [0.1, 0.15) is 56.0 Å². The normalized spacial score (nSPS) is 22.9. The molecule has 0 saturated heterocycles. The van der Waals surface area contributed by atoms with Crippen molar-refractivity contribution in [1.82, 2.24) is 0 Å². The van der Waals surface area contributed by atoms with Crippen molar-refractivity contribution in [3.05, 3.63) is 35.4 Å². The Morgan fingerprint density at radius 2 is 1.92 bits per heavy atom. The lowest BCUT2D eigenvalue weighted by atomic mass is 9.75. The van der Waals surface area contributed by atoms with Gasteiger partial charge in [0.05, 0.1) is 17.2 Å². The summed E-state index contributed by atoms with van der Waals surface area (Å²) < 4.78 is 10.6. The highest BCUT2D eigenvalue weighted by Crippen LogP contribution is 2.35. The number of hydrogen-bond acceptors (Lipinski definition) is 5. The van der Waals surface area contributed by atoms with E-state index in [1.165, 1.54) is 24.3 Å². The van der Waals surface area contributed by atoms with E-state index in [0.717, 1.165) is 19.3 Å². The highest BCUT2D eigenvalue weighted by Gasteiger charge is 2.33. The fraction of sp³-hybridized carbons (Fsp3) is 0.550. The van der Waals surface area contributed by atoms with Crippen LogP contribution < -0.4 is 0 Å². The molecule has 0 aliphatic heterocycles. The topological polar surface area (TPSA) is 76.4 Å². The number of esters is 2. The first-order valence-electron chi connectivity index (χ1n) is 8.77. The van der Waals surface area contributed by atoms with Crippen LogP contribution in [0.2, 0.25) is 0 Å². The summed E-state index contributed by atoms with van der Waals surface area (Å²) in [5, 5.41) is 8.75. The standard InChI is InChI=1S/C20H25NO4/c1-13(2)17-9-4-14(3)10-18(17)25-19(22)12-24-20(23)16-7-5-15(11-21)6-8-16/h5-8,13-14,17-18H,4,9-10,12H2,1-3H3/t14-,17-,18-/m1/s1. The lowest BCUT2D eigenvalue weighted by Gasteiger charge is -2.36. The van der Waals surface area contributed by atoms with Gasteiger partial charge in [0.2, 0.25) is 0 Å². The minimum absolute atomic E-state index is 0.107. The van der Waals surface area contributed by atoms with Crippen LogP contribution in [0, 0.1) is 29.1 Å². The van der Waals surface area contributed by atoms with Crippen molar-refractivity contribution >= 4 is 11.9 Å². The Hall–Kier alpha value is -2.35. The van der Waals surface area contributed by atoms with Crippen molar-refractivity contribution in [2.24, 2.45) is 17.8 Å². The van der Waals surface area contributed by atoms with Gasteiger partial charge in [-0.15, -0.1) is 0 Å². The van der Waals surface area contributed by atoms with E-state index in [-0.39, 0.29) is 6.10 Å². The monoisotopic (exact) mass is 343 g/mol. The average Bonchev–Trinajstić information content (AvgIpc) is 2.59. The van der Waals surface area contributed by atoms with Gasteiger partial charge in [0.25, 0.3) is 0 Å². The molecule has 5 heteroatoms. The molecule has 1 fully saturated rings. The summed E-state index contributed by atoms with van der Waals surface area (Å²) in [4.78, 5) is 24.0. The molecule has 1 aliphatic rings. The third-order valence-corrected chi connectivity index (χ3v) is 4.81. The van der Waals surface area contributed by atoms with Crippen LogP contribution in [-0.2, 0) is 14.3 Å². The Morgan fingerprint density at radius 3 is 2.52 bits per heavy atom. The molecule has 2 rings (SSSR count). The predicted molar refractivity (Wildman–Crippen MR) is 92.7 cm³/mol. The summed E-state index contributed by atoms with van der Waals surface area (Å²) in [6, 6.07) is 8.05. The van der Waals surface area contributed by atoms with Gasteiger partial charge in [0.15, 0.2) is 6.61 Å². The molecule has 0 heterocycles. The molecule has 3 atom stereocenters. The fourth-order valence-corrected chi connectivity index (χ4v) is 3.34. The van der Waals surface area contributed by atoms with E-state index in [2.05, 4.69) is 20.8 Å². The van der Waals surface area contributed by atoms with Gasteiger partial charge in [-0.1, -0.05) is 27.2 Å². The van der Waals surface area contributed by atoms with Gasteiger partial charge < -0.3 is 9.47 Å². The minimum atomic E-state index is -0.598. The number of rotatable bonds is 5. The van der Waals surface area contributed by atoms with Crippen molar-refractivity contribution in [2.45, 2.75) is 46.1 Å². The molecule has 134 valence electrons. The minimum Gasteiger partial charge on any atom is -0.460 e. The van der Waals surface area contributed by atoms with E-state index in [0.29, 0.717) is 28.9 Å². The largest absolute Gasteiger partial charge is 0.460 e. The Kier molecular flexibility index (Phi) is 6.58. The second-order valence-electron chi connectivity index (χ2n) is 7.12. The molecule has 1 aliphatic carbocycles. The zero-order chi connectivity index (χ0) is 18.4. The molecule has 0 unspecified atom stereocenters. The molecule has 0 spiro atoms. The van der Waals surface area contributed by atoms with Gasteiger partial charge >= 0.3 is 11.9 Å². The van der Waals surface area contributed by atoms with Crippen molar-refractivity contribution in [1.29, 1.82) is 5.26 Å². The van der Waals surface area contributed by atoms with E-state index >= 15 is 0 Å². The van der Waals surface area contributed by atoms with E-state index in [1.807, 2.05) is 6.07 Å². The van der Waals surface area contributed by atoms with Gasteiger partial charge in [0.1, 0.15) is 6.10 Å². The number of carbonyl (C=O) groups is 2. The van der Waals surface area contributed by atoms with Crippen molar-refractivity contribution in [2.75, 3.05) is 6.61 Å². The van der Waals surface area contributed by atoms with E-state index in [4.69, 9.17) is 14.7 Å². The lowest BCUT2D eigenvalue weighted by Crippen LogP contribution is -2.36. The Morgan fingerprint density at radius 1 is 1.24 bits per heavy atom. The molecule has 0 radical (unpaired) electrons. The number of carbonyl (C=O) groups excluding carboxylic acids is 2. The van der Waals surface area contributed by atoms with Gasteiger partial charge in [0, 0.05) is 0 Å². The molecule has 1 aromatic carbocycles. The fourth-order valence-electron chi connectivity index (χ4n) is 3.34. The summed E-state index contributed by atoms with van der Waals surface area (Å²) in [6.07, 6.45) is 2.97. The third kappa shape index (κ3) is 5.32. The summed E-state index contributed by atoms with van der Waals surface area (Å²) >= 11 is 0. The summed E-state index contributed by atoms with van der Waals surface area (Å²) in [6.45, 7) is 6.07. The van der Waals surface area contributed by atoms with Crippen molar-refractivity contribution < 1.29 is 19.1 Å². The highest BCUT2D eigenvalue weighted by atomic mass is 16.6. The third-order valence-electron chi connectivity index (χ3n) is 4.81. The highest BCUT2D eigenvalue weighted by molar-refractivity contribution is 5.90. The maximum atomic E-state index is 12.1. The molecule has 25 heavy (non-hydrogen) atoms. The van der Waals surface area contributed by atoms with Crippen LogP contribution in [0.25, 0.3) is 0 Å². The molecule has 0 amide bonds. The maximum absolute atomic E-state index is 12.1. The molecule has 0 N–H and O–H groups in total. The van der Waals surface area contributed by atoms with E-state index in [1.54, 1.807) is 0 Å². The number of nitriles is 1. The molecular formula is C20H25NO4. The molecule has 0 aromatic heterocycles. The maximum Gasteiger partial charge on any atom is 0.344 e. The smallest absolute Gasteiger partial charge is 0.344 e. The summed E-state index contributed by atoms with van der Waals surface area (Å²) in [7, 11) is 0. The molecular weight excluding hydrogens is 318 g/mol. The van der Waals surface area contributed by atoms with Crippen LogP contribution in [0.4, 0.5) is 0 Å². The number of ether oxygens (including phenoxy) is 2. The number of benzene rings is 1. The molecule has 1 aromatic rings. The number of nitrogens with zero attached hydrogens (tertiary/aromatic N) is 1. The van der Waals surface area contributed by atoms with Crippen LogP contribution in [0.15, 0.2) is 24.3 Å². The lowest BCUT2D eigenvalue weighted by molar-refractivity contribution is -0.159. The Balaban J connectivity index is 1.86. The zero-order valence-corrected chi connectivity index (χ0v) is 15.0. The van der Waals surface area contributed by atoms with Gasteiger partial charge in [-0.3, -0.25) is 0 Å². The Bertz CT molecular complexity index is 645. The van der Waals surface area contributed by atoms with Crippen LogP contribution in [-0.4, -0.2) is 24.6 Å². The first-order chi connectivity index (χ1) is 11.9. The zero-order valence-electron chi connectivity index (χ0n) is 15.0. The van der Waals surface area contributed by atoms with E-state index in [9.17, 15) is 9.59 Å². The van der Waals surface area contributed by atoms with Gasteiger partial charge in [-0.2, -0.15) is 5.26 Å². The van der Waals surface area contributed by atoms with Crippen LogP contribution in [0.5, 0.6) is 0 Å². The predicted octanol–water partition coefficient (Wildman–Crippen LogP) is 3.72. The number of hydrogen-bond donors (Lipinski definition) is 0.